The third kappa shape index (κ3) is 4.40. The first-order chi connectivity index (χ1) is 9.35. The van der Waals surface area contributed by atoms with Crippen LogP contribution in [0.15, 0.2) is 18.3 Å². The maximum absolute atomic E-state index is 11.9. The highest BCUT2D eigenvalue weighted by atomic mass is 19.4. The molecule has 2 unspecified atom stereocenters. The van der Waals surface area contributed by atoms with Gasteiger partial charge in [0.15, 0.2) is 6.61 Å². The quantitative estimate of drug-likeness (QED) is 0.904. The summed E-state index contributed by atoms with van der Waals surface area (Å²) in [7, 11) is 0. The second-order valence-electron chi connectivity index (χ2n) is 4.95. The molecule has 0 saturated heterocycles. The molecule has 0 spiro atoms. The molecule has 0 aliphatic heterocycles. The average molecular weight is 288 g/mol. The zero-order chi connectivity index (χ0) is 14.8. The van der Waals surface area contributed by atoms with Crippen molar-refractivity contribution in [3.05, 3.63) is 23.9 Å². The fourth-order valence-electron chi connectivity index (χ4n) is 1.76. The summed E-state index contributed by atoms with van der Waals surface area (Å²) in [6, 6.07) is 2.93. The van der Waals surface area contributed by atoms with E-state index >= 15 is 0 Å². The molecular formula is C13H15F3N2O2. The number of halogens is 3. The summed E-state index contributed by atoms with van der Waals surface area (Å²) in [5, 5.41) is 2.77. The van der Waals surface area contributed by atoms with Crippen molar-refractivity contribution in [3.8, 4) is 5.88 Å². The molecule has 20 heavy (non-hydrogen) atoms. The molecule has 110 valence electrons. The van der Waals surface area contributed by atoms with Crippen LogP contribution in [0.5, 0.6) is 5.88 Å². The Kier molecular flexibility index (Phi) is 4.15. The van der Waals surface area contributed by atoms with Crippen molar-refractivity contribution in [1.29, 1.82) is 0 Å². The van der Waals surface area contributed by atoms with Crippen LogP contribution in [0.25, 0.3) is 0 Å². The van der Waals surface area contributed by atoms with E-state index in [1.54, 1.807) is 6.07 Å². The standard InChI is InChI=1S/C13H15F3N2O2/c1-8-4-10(8)12(19)18-6-9-2-3-11(17-5-9)20-7-13(14,15)16/h2-3,5,8,10H,4,6-7H2,1H3,(H,18,19). The van der Waals surface area contributed by atoms with Crippen molar-refractivity contribution in [2.45, 2.75) is 26.1 Å². The minimum atomic E-state index is -4.38. The Bertz CT molecular complexity index is 473. The number of pyridine rings is 1. The lowest BCUT2D eigenvalue weighted by atomic mass is 10.2. The van der Waals surface area contributed by atoms with Gasteiger partial charge in [0, 0.05) is 24.7 Å². The normalized spacial score (nSPS) is 21.4. The summed E-state index contributed by atoms with van der Waals surface area (Å²) in [5.74, 6) is 0.451. The first-order valence-electron chi connectivity index (χ1n) is 6.27. The van der Waals surface area contributed by atoms with Crippen LogP contribution < -0.4 is 10.1 Å². The smallest absolute Gasteiger partial charge is 0.422 e. The number of nitrogens with zero attached hydrogens (tertiary/aromatic N) is 1. The Balaban J connectivity index is 1.78. The van der Waals surface area contributed by atoms with Gasteiger partial charge in [-0.25, -0.2) is 4.98 Å². The highest BCUT2D eigenvalue weighted by Gasteiger charge is 2.38. The minimum absolute atomic E-state index is 0.00916. The van der Waals surface area contributed by atoms with Gasteiger partial charge in [0.05, 0.1) is 0 Å². The topological polar surface area (TPSA) is 51.2 Å². The number of ether oxygens (including phenoxy) is 1. The fourth-order valence-corrected chi connectivity index (χ4v) is 1.76. The van der Waals surface area contributed by atoms with Crippen LogP contribution in [0.2, 0.25) is 0 Å². The van der Waals surface area contributed by atoms with Crippen molar-refractivity contribution >= 4 is 5.91 Å². The lowest BCUT2D eigenvalue weighted by Crippen LogP contribution is -2.25. The van der Waals surface area contributed by atoms with Gasteiger partial charge >= 0.3 is 6.18 Å². The van der Waals surface area contributed by atoms with Crippen molar-refractivity contribution < 1.29 is 22.7 Å². The third-order valence-electron chi connectivity index (χ3n) is 3.09. The van der Waals surface area contributed by atoms with Gasteiger partial charge in [-0.05, 0) is 17.9 Å². The fraction of sp³-hybridized carbons (Fsp3) is 0.538. The number of carbonyl (C=O) groups is 1. The summed E-state index contributed by atoms with van der Waals surface area (Å²) in [6.07, 6.45) is -2.08. The van der Waals surface area contributed by atoms with Gasteiger partial charge in [0.25, 0.3) is 0 Å². The van der Waals surface area contributed by atoms with E-state index in [9.17, 15) is 18.0 Å². The van der Waals surface area contributed by atoms with Gasteiger partial charge in [0.1, 0.15) is 0 Å². The molecule has 1 amide bonds. The number of hydrogen-bond donors (Lipinski definition) is 1. The highest BCUT2D eigenvalue weighted by molar-refractivity contribution is 5.81. The minimum Gasteiger partial charge on any atom is -0.468 e. The SMILES string of the molecule is CC1CC1C(=O)NCc1ccc(OCC(F)(F)F)nc1. The molecule has 1 aromatic rings. The molecule has 0 bridgehead atoms. The van der Waals surface area contributed by atoms with E-state index in [1.807, 2.05) is 6.92 Å². The van der Waals surface area contributed by atoms with E-state index < -0.39 is 12.8 Å². The molecule has 0 aromatic carbocycles. The molecule has 7 heteroatoms. The third-order valence-corrected chi connectivity index (χ3v) is 3.09. The lowest BCUT2D eigenvalue weighted by Gasteiger charge is -2.09. The maximum atomic E-state index is 11.9. The van der Waals surface area contributed by atoms with Crippen LogP contribution >= 0.6 is 0 Å². The number of nitrogens with one attached hydrogen (secondary N) is 1. The Morgan fingerprint density at radius 2 is 2.20 bits per heavy atom. The van der Waals surface area contributed by atoms with Gasteiger partial charge < -0.3 is 10.1 Å². The number of hydrogen-bond acceptors (Lipinski definition) is 3. The average Bonchev–Trinajstić information content (AvgIpc) is 3.11. The first-order valence-corrected chi connectivity index (χ1v) is 6.27. The van der Waals surface area contributed by atoms with Gasteiger partial charge in [-0.1, -0.05) is 13.0 Å². The van der Waals surface area contributed by atoms with Crippen LogP contribution in [0.1, 0.15) is 18.9 Å². The Morgan fingerprint density at radius 3 is 2.70 bits per heavy atom. The van der Waals surface area contributed by atoms with E-state index in [2.05, 4.69) is 15.0 Å². The van der Waals surface area contributed by atoms with Gasteiger partial charge in [-0.3, -0.25) is 4.79 Å². The molecule has 1 N–H and O–H groups in total. The Hall–Kier alpha value is -1.79. The predicted molar refractivity (Wildman–Crippen MR) is 64.9 cm³/mol. The molecule has 2 atom stereocenters. The van der Waals surface area contributed by atoms with E-state index in [4.69, 9.17) is 0 Å². The van der Waals surface area contributed by atoms with Gasteiger partial charge in [-0.2, -0.15) is 13.2 Å². The molecule has 1 heterocycles. The largest absolute Gasteiger partial charge is 0.468 e. The van der Waals surface area contributed by atoms with E-state index in [0.717, 1.165) is 6.42 Å². The molecule has 0 radical (unpaired) electrons. The summed E-state index contributed by atoms with van der Waals surface area (Å²) in [6.45, 7) is 0.961. The van der Waals surface area contributed by atoms with Crippen molar-refractivity contribution in [2.75, 3.05) is 6.61 Å². The molecule has 1 aliphatic carbocycles. The lowest BCUT2D eigenvalue weighted by molar-refractivity contribution is -0.154. The summed E-state index contributed by atoms with van der Waals surface area (Å²) >= 11 is 0. The van der Waals surface area contributed by atoms with Crippen LogP contribution in [0.3, 0.4) is 0 Å². The molecule has 1 aromatic heterocycles. The Labute approximate surface area is 114 Å². The Morgan fingerprint density at radius 1 is 1.50 bits per heavy atom. The molecule has 1 fully saturated rings. The van der Waals surface area contributed by atoms with E-state index in [-0.39, 0.29) is 17.7 Å². The molecule has 1 aliphatic rings. The monoisotopic (exact) mass is 288 g/mol. The number of amides is 1. The molecular weight excluding hydrogens is 273 g/mol. The molecule has 4 nitrogen and oxygen atoms in total. The maximum Gasteiger partial charge on any atom is 0.422 e. The van der Waals surface area contributed by atoms with Crippen molar-refractivity contribution in [3.63, 3.8) is 0 Å². The summed E-state index contributed by atoms with van der Waals surface area (Å²) < 4.78 is 40.3. The number of carbonyl (C=O) groups excluding carboxylic acids is 1. The summed E-state index contributed by atoms with van der Waals surface area (Å²) in [5.41, 5.74) is 0.714. The predicted octanol–water partition coefficient (Wildman–Crippen LogP) is 2.29. The first kappa shape index (κ1) is 14.6. The second kappa shape index (κ2) is 5.68. The van der Waals surface area contributed by atoms with Gasteiger partial charge in [-0.15, -0.1) is 0 Å². The summed E-state index contributed by atoms with van der Waals surface area (Å²) in [4.78, 5) is 15.3. The van der Waals surface area contributed by atoms with Crippen LogP contribution in [0.4, 0.5) is 13.2 Å². The zero-order valence-corrected chi connectivity index (χ0v) is 10.9. The second-order valence-corrected chi connectivity index (χ2v) is 4.95. The van der Waals surface area contributed by atoms with E-state index in [0.29, 0.717) is 18.0 Å². The molecule has 2 rings (SSSR count). The van der Waals surface area contributed by atoms with Crippen molar-refractivity contribution in [2.24, 2.45) is 11.8 Å². The molecule has 1 saturated carbocycles. The van der Waals surface area contributed by atoms with Crippen LogP contribution in [-0.4, -0.2) is 23.7 Å². The number of alkyl halides is 3. The number of aromatic nitrogens is 1. The van der Waals surface area contributed by atoms with Crippen LogP contribution in [0, 0.1) is 11.8 Å². The number of rotatable bonds is 5. The zero-order valence-electron chi connectivity index (χ0n) is 10.9. The van der Waals surface area contributed by atoms with Gasteiger partial charge in [0.2, 0.25) is 11.8 Å². The highest BCUT2D eigenvalue weighted by Crippen LogP contribution is 2.37. The van der Waals surface area contributed by atoms with Crippen molar-refractivity contribution in [1.82, 2.24) is 10.3 Å². The van der Waals surface area contributed by atoms with Crippen LogP contribution in [-0.2, 0) is 11.3 Å². The van der Waals surface area contributed by atoms with E-state index in [1.165, 1.54) is 12.3 Å².